The van der Waals surface area contributed by atoms with Crippen LogP contribution < -0.4 is 0 Å². The second-order valence-electron chi connectivity index (χ2n) is 3.33. The third-order valence-corrected chi connectivity index (χ3v) is 2.97. The van der Waals surface area contributed by atoms with Crippen molar-refractivity contribution < 1.29 is 4.74 Å². The van der Waals surface area contributed by atoms with Crippen molar-refractivity contribution in [2.45, 2.75) is 37.7 Å². The van der Waals surface area contributed by atoms with Crippen molar-refractivity contribution in [3.05, 3.63) is 0 Å². The molecule has 0 saturated carbocycles. The average Bonchev–Trinajstić information content (AvgIpc) is 2.16. The van der Waals surface area contributed by atoms with Crippen molar-refractivity contribution in [2.24, 2.45) is 0 Å². The molecule has 12 heavy (non-hydrogen) atoms. The number of halogens is 2. The van der Waals surface area contributed by atoms with Crippen LogP contribution in [0.25, 0.3) is 0 Å². The Morgan fingerprint density at radius 1 is 1.33 bits per heavy atom. The molecule has 0 amide bonds. The van der Waals surface area contributed by atoms with Crippen LogP contribution in [0.3, 0.4) is 0 Å². The van der Waals surface area contributed by atoms with Gasteiger partial charge in [0.15, 0.2) is 7.28 Å². The molecule has 4 heteroatoms. The number of ether oxygens (including phenoxy) is 1. The molecule has 1 unspecified atom stereocenters. The zero-order valence-electron chi connectivity index (χ0n) is 7.27. The minimum absolute atomic E-state index is 0.0523. The quantitative estimate of drug-likeness (QED) is 0.509. The third kappa shape index (κ3) is 3.55. The van der Waals surface area contributed by atoms with E-state index in [1.165, 1.54) is 32.9 Å². The van der Waals surface area contributed by atoms with Crippen LogP contribution in [0.4, 0.5) is 0 Å². The molecule has 1 aliphatic heterocycles. The Kier molecular flexibility index (Phi) is 5.45. The minimum atomic E-state index is 0.0523. The Morgan fingerprint density at radius 3 is 2.58 bits per heavy atom. The van der Waals surface area contributed by atoms with E-state index in [1.54, 1.807) is 0 Å². The van der Waals surface area contributed by atoms with Crippen LogP contribution >= 0.6 is 23.2 Å². The summed E-state index contributed by atoms with van der Waals surface area (Å²) in [5.41, 5.74) is 0. The first-order valence-electron chi connectivity index (χ1n) is 4.64. The van der Waals surface area contributed by atoms with E-state index in [4.69, 9.17) is 27.9 Å². The highest BCUT2D eigenvalue weighted by molar-refractivity contribution is 6.37. The molecule has 1 atom stereocenters. The number of rotatable bonds is 4. The van der Waals surface area contributed by atoms with Crippen molar-refractivity contribution in [2.75, 3.05) is 11.8 Å². The maximum absolute atomic E-state index is 5.73. The maximum atomic E-state index is 5.73. The molecule has 1 rings (SSSR count). The van der Waals surface area contributed by atoms with E-state index < -0.39 is 0 Å². The Balaban J connectivity index is 2.18. The molecule has 0 spiro atoms. The van der Waals surface area contributed by atoms with Crippen molar-refractivity contribution in [1.29, 1.82) is 0 Å². The van der Waals surface area contributed by atoms with Crippen LogP contribution in [-0.2, 0) is 4.74 Å². The summed E-state index contributed by atoms with van der Waals surface area (Å²) in [4.78, 5) is 0. The summed E-state index contributed by atoms with van der Waals surface area (Å²) < 4.78 is 5.73. The van der Waals surface area contributed by atoms with Crippen molar-refractivity contribution in [3.63, 3.8) is 0 Å². The Morgan fingerprint density at radius 2 is 2.08 bits per heavy atom. The van der Waals surface area contributed by atoms with Gasteiger partial charge >= 0.3 is 0 Å². The summed E-state index contributed by atoms with van der Waals surface area (Å²) in [6.45, 7) is 0. The maximum Gasteiger partial charge on any atom is 0.157 e. The van der Waals surface area contributed by atoms with Gasteiger partial charge in [-0.1, -0.05) is 19.2 Å². The van der Waals surface area contributed by atoms with Gasteiger partial charge < -0.3 is 4.74 Å². The summed E-state index contributed by atoms with van der Waals surface area (Å²) in [6.07, 6.45) is 5.18. The molecule has 0 radical (unpaired) electrons. The van der Waals surface area contributed by atoms with E-state index in [2.05, 4.69) is 0 Å². The van der Waals surface area contributed by atoms with Gasteiger partial charge in [-0.15, -0.1) is 23.2 Å². The Hall–Kier alpha value is 0.605. The topological polar surface area (TPSA) is 9.23 Å². The van der Waals surface area contributed by atoms with Crippen LogP contribution in [-0.4, -0.2) is 31.1 Å². The molecule has 0 aromatic carbocycles. The summed E-state index contributed by atoms with van der Waals surface area (Å²) in [7, 11) is 1.18. The monoisotopic (exact) mass is 208 g/mol. The van der Waals surface area contributed by atoms with Gasteiger partial charge in [-0.3, -0.25) is 0 Å². The average molecular weight is 209 g/mol. The van der Waals surface area contributed by atoms with Gasteiger partial charge in [0, 0.05) is 17.8 Å². The Labute approximate surface area is 85.0 Å². The molecule has 70 valence electrons. The number of alkyl halides is 2. The normalized spacial score (nSPS) is 24.1. The fraction of sp³-hybridized carbons (Fsp3) is 1.00. The molecule has 1 saturated heterocycles. The molecule has 0 bridgehead atoms. The molecule has 1 heterocycles. The SMILES string of the molecule is ClCC(CCl)OC1BCCCC1. The van der Waals surface area contributed by atoms with Crippen LogP contribution in [0.1, 0.15) is 19.3 Å². The number of hydrogen-bond donors (Lipinski definition) is 0. The summed E-state index contributed by atoms with van der Waals surface area (Å²) in [5.74, 6) is 1.03. The lowest BCUT2D eigenvalue weighted by molar-refractivity contribution is 0.0482. The van der Waals surface area contributed by atoms with Crippen molar-refractivity contribution in [3.8, 4) is 0 Å². The highest BCUT2D eigenvalue weighted by atomic mass is 35.5. The van der Waals surface area contributed by atoms with E-state index in [0.29, 0.717) is 17.8 Å². The van der Waals surface area contributed by atoms with Gasteiger partial charge in [0.2, 0.25) is 0 Å². The largest absolute Gasteiger partial charge is 0.381 e. The van der Waals surface area contributed by atoms with Crippen molar-refractivity contribution >= 4 is 30.5 Å². The van der Waals surface area contributed by atoms with Crippen molar-refractivity contribution in [1.82, 2.24) is 0 Å². The summed E-state index contributed by atoms with van der Waals surface area (Å²) in [5, 5.41) is 0. The molecule has 0 aromatic rings. The molecule has 0 aliphatic carbocycles. The van der Waals surface area contributed by atoms with Gasteiger partial charge in [-0.2, -0.15) is 0 Å². The van der Waals surface area contributed by atoms with E-state index in [1.807, 2.05) is 0 Å². The highest BCUT2D eigenvalue weighted by Gasteiger charge is 2.18. The fourth-order valence-electron chi connectivity index (χ4n) is 1.59. The molecule has 0 aromatic heterocycles. The summed E-state index contributed by atoms with van der Waals surface area (Å²) >= 11 is 11.4. The lowest BCUT2D eigenvalue weighted by atomic mass is 9.61. The lowest BCUT2D eigenvalue weighted by Gasteiger charge is -2.24. The van der Waals surface area contributed by atoms with E-state index >= 15 is 0 Å². The molecular weight excluding hydrogens is 194 g/mol. The molecular formula is C8H15BCl2O. The first-order chi connectivity index (χ1) is 5.86. The minimum Gasteiger partial charge on any atom is -0.381 e. The van der Waals surface area contributed by atoms with Gasteiger partial charge in [-0.05, 0) is 6.42 Å². The first kappa shape index (κ1) is 10.7. The molecule has 1 aliphatic rings. The smallest absolute Gasteiger partial charge is 0.157 e. The van der Waals surface area contributed by atoms with Crippen LogP contribution in [0.2, 0.25) is 6.32 Å². The zero-order chi connectivity index (χ0) is 8.81. The fourth-order valence-corrected chi connectivity index (χ4v) is 2.06. The van der Waals surface area contributed by atoms with E-state index in [9.17, 15) is 0 Å². The zero-order valence-corrected chi connectivity index (χ0v) is 8.78. The predicted octanol–water partition coefficient (Wildman–Crippen LogP) is 2.21. The first-order valence-corrected chi connectivity index (χ1v) is 5.71. The van der Waals surface area contributed by atoms with Gasteiger partial charge in [-0.25, -0.2) is 0 Å². The van der Waals surface area contributed by atoms with E-state index in [0.717, 1.165) is 0 Å². The van der Waals surface area contributed by atoms with Gasteiger partial charge in [0.25, 0.3) is 0 Å². The standard InChI is InChI=1S/C8H15BCl2O/c10-5-7(6-11)12-8-3-1-2-4-9-8/h7-9H,1-6H2. The summed E-state index contributed by atoms with van der Waals surface area (Å²) in [6, 6.07) is 0.418. The van der Waals surface area contributed by atoms with Crippen LogP contribution in [0.15, 0.2) is 0 Å². The van der Waals surface area contributed by atoms with Crippen LogP contribution in [0.5, 0.6) is 0 Å². The molecule has 0 N–H and O–H groups in total. The second kappa shape index (κ2) is 6.12. The van der Waals surface area contributed by atoms with Gasteiger partial charge in [0.1, 0.15) is 0 Å². The molecule has 1 fully saturated rings. The molecule has 1 nitrogen and oxygen atoms in total. The predicted molar refractivity (Wildman–Crippen MR) is 55.9 cm³/mol. The van der Waals surface area contributed by atoms with Crippen LogP contribution in [0, 0.1) is 0 Å². The third-order valence-electron chi connectivity index (χ3n) is 2.28. The Bertz CT molecular complexity index is 114. The van der Waals surface area contributed by atoms with Gasteiger partial charge in [0.05, 0.1) is 6.10 Å². The lowest BCUT2D eigenvalue weighted by Crippen LogP contribution is -2.31. The number of hydrogen-bond acceptors (Lipinski definition) is 1. The van der Waals surface area contributed by atoms with E-state index in [-0.39, 0.29) is 6.10 Å². The second-order valence-corrected chi connectivity index (χ2v) is 3.94. The highest BCUT2D eigenvalue weighted by Crippen LogP contribution is 2.16.